The van der Waals surface area contributed by atoms with E-state index in [9.17, 15) is 4.79 Å². The number of piperazine rings is 1. The second-order valence-corrected chi connectivity index (χ2v) is 6.60. The molecule has 0 radical (unpaired) electrons. The molecule has 5 heteroatoms. The average Bonchev–Trinajstić information content (AvgIpc) is 3.11. The first kappa shape index (κ1) is 14.0. The zero-order chi connectivity index (χ0) is 13.8. The van der Waals surface area contributed by atoms with Gasteiger partial charge in [-0.15, -0.1) is 11.3 Å². The van der Waals surface area contributed by atoms with Gasteiger partial charge in [0, 0.05) is 13.1 Å². The maximum Gasteiger partial charge on any atom is 0.241 e. The molecule has 2 saturated heterocycles. The van der Waals surface area contributed by atoms with E-state index in [1.54, 1.807) is 11.3 Å². The fourth-order valence-electron chi connectivity index (χ4n) is 3.09. The number of likely N-dealkylation sites (tertiary alicyclic amines) is 1. The van der Waals surface area contributed by atoms with Gasteiger partial charge in [0.2, 0.25) is 5.91 Å². The summed E-state index contributed by atoms with van der Waals surface area (Å²) in [6, 6.07) is 4.04. The van der Waals surface area contributed by atoms with Gasteiger partial charge in [-0.1, -0.05) is 0 Å². The quantitative estimate of drug-likeness (QED) is 0.829. The predicted molar refractivity (Wildman–Crippen MR) is 83.4 cm³/mol. The highest BCUT2D eigenvalue weighted by Gasteiger charge is 2.25. The van der Waals surface area contributed by atoms with Crippen molar-refractivity contribution < 1.29 is 4.79 Å². The van der Waals surface area contributed by atoms with Crippen LogP contribution < -0.4 is 4.90 Å². The lowest BCUT2D eigenvalue weighted by Crippen LogP contribution is -2.50. The summed E-state index contributed by atoms with van der Waals surface area (Å²) in [5.74, 6) is 0.250. The Kier molecular flexibility index (Phi) is 4.70. The molecule has 2 fully saturated rings. The van der Waals surface area contributed by atoms with E-state index in [1.807, 2.05) is 22.4 Å². The van der Waals surface area contributed by atoms with E-state index in [-0.39, 0.29) is 5.91 Å². The smallest absolute Gasteiger partial charge is 0.241 e. The summed E-state index contributed by atoms with van der Waals surface area (Å²) in [6.45, 7) is 7.21. The number of amides is 1. The van der Waals surface area contributed by atoms with Crippen molar-refractivity contribution >= 4 is 22.2 Å². The summed E-state index contributed by atoms with van der Waals surface area (Å²) in [4.78, 5) is 19.0. The molecule has 0 spiro atoms. The molecule has 1 aromatic heterocycles. The maximum absolute atomic E-state index is 12.2. The van der Waals surface area contributed by atoms with Crippen LogP contribution in [0.25, 0.3) is 0 Å². The van der Waals surface area contributed by atoms with E-state index < -0.39 is 0 Å². The molecule has 1 aromatic rings. The van der Waals surface area contributed by atoms with E-state index in [2.05, 4.69) is 9.80 Å². The van der Waals surface area contributed by atoms with Crippen molar-refractivity contribution in [3.05, 3.63) is 17.5 Å². The Bertz CT molecular complexity index is 428. The Balaban J connectivity index is 1.41. The van der Waals surface area contributed by atoms with Crippen LogP contribution in [0.5, 0.6) is 0 Å². The Morgan fingerprint density at radius 1 is 1.05 bits per heavy atom. The Hall–Kier alpha value is -0.910. The van der Waals surface area contributed by atoms with Crippen molar-refractivity contribution in [2.45, 2.75) is 19.3 Å². The monoisotopic (exact) mass is 293 g/mol. The Morgan fingerprint density at radius 2 is 1.85 bits per heavy atom. The summed E-state index contributed by atoms with van der Waals surface area (Å²) in [5, 5.41) is 3.12. The summed E-state index contributed by atoms with van der Waals surface area (Å²) in [5.41, 5.74) is 0. The van der Waals surface area contributed by atoms with Crippen LogP contribution in [0.15, 0.2) is 17.5 Å². The fraction of sp³-hybridized carbons (Fsp3) is 0.667. The first-order valence-corrected chi connectivity index (χ1v) is 8.49. The molecule has 0 aromatic carbocycles. The second kappa shape index (κ2) is 6.70. The van der Waals surface area contributed by atoms with Crippen molar-refractivity contribution in [2.75, 3.05) is 50.7 Å². The molecule has 2 aliphatic rings. The van der Waals surface area contributed by atoms with Crippen molar-refractivity contribution in [3.63, 3.8) is 0 Å². The molecule has 0 N–H and O–H groups in total. The van der Waals surface area contributed by atoms with Crippen molar-refractivity contribution in [1.82, 2.24) is 9.80 Å². The summed E-state index contributed by atoms with van der Waals surface area (Å²) in [7, 11) is 0. The molecule has 2 aliphatic heterocycles. The van der Waals surface area contributed by atoms with E-state index in [4.69, 9.17) is 0 Å². The van der Waals surface area contributed by atoms with Crippen LogP contribution in [0.3, 0.4) is 0 Å². The predicted octanol–water partition coefficient (Wildman–Crippen LogP) is 1.88. The Labute approximate surface area is 125 Å². The van der Waals surface area contributed by atoms with Gasteiger partial charge in [-0.2, -0.15) is 0 Å². The first-order chi connectivity index (χ1) is 9.83. The standard InChI is InChI=1S/C15H23N3OS/c19-14-13-17(9-4-8-16-6-1-2-7-16)10-11-18(14)15-5-3-12-20-15/h3,5,12H,1-2,4,6-11,13H2. The zero-order valence-electron chi connectivity index (χ0n) is 12.0. The number of hydrogen-bond donors (Lipinski definition) is 0. The van der Waals surface area contributed by atoms with Crippen LogP contribution >= 0.6 is 11.3 Å². The molecule has 0 atom stereocenters. The zero-order valence-corrected chi connectivity index (χ0v) is 12.8. The van der Waals surface area contributed by atoms with Gasteiger partial charge in [-0.05, 0) is 63.0 Å². The fourth-order valence-corrected chi connectivity index (χ4v) is 3.87. The summed E-state index contributed by atoms with van der Waals surface area (Å²) < 4.78 is 0. The van der Waals surface area contributed by atoms with E-state index in [0.717, 1.165) is 24.6 Å². The molecule has 3 rings (SSSR count). The van der Waals surface area contributed by atoms with Gasteiger partial charge < -0.3 is 9.80 Å². The molecule has 1 amide bonds. The van der Waals surface area contributed by atoms with Gasteiger partial charge >= 0.3 is 0 Å². The van der Waals surface area contributed by atoms with Gasteiger partial charge in [0.25, 0.3) is 0 Å². The van der Waals surface area contributed by atoms with Gasteiger partial charge in [-0.3, -0.25) is 9.69 Å². The third-order valence-corrected chi connectivity index (χ3v) is 5.11. The highest BCUT2D eigenvalue weighted by atomic mass is 32.1. The third kappa shape index (κ3) is 3.40. The third-order valence-electron chi connectivity index (χ3n) is 4.22. The molecule has 110 valence electrons. The number of carbonyl (C=O) groups excluding carboxylic acids is 1. The van der Waals surface area contributed by atoms with Crippen molar-refractivity contribution in [2.24, 2.45) is 0 Å². The lowest BCUT2D eigenvalue weighted by molar-refractivity contribution is -0.121. The van der Waals surface area contributed by atoms with E-state index >= 15 is 0 Å². The number of anilines is 1. The minimum atomic E-state index is 0.250. The van der Waals surface area contributed by atoms with Gasteiger partial charge in [0.05, 0.1) is 11.5 Å². The lowest BCUT2D eigenvalue weighted by atomic mass is 10.2. The molecular weight excluding hydrogens is 270 g/mol. The number of carbonyl (C=O) groups is 1. The van der Waals surface area contributed by atoms with Crippen LogP contribution in [0.1, 0.15) is 19.3 Å². The van der Waals surface area contributed by atoms with Gasteiger partial charge in [-0.25, -0.2) is 0 Å². The van der Waals surface area contributed by atoms with Crippen LogP contribution in [0.4, 0.5) is 5.00 Å². The SMILES string of the molecule is O=C1CN(CCCN2CCCC2)CCN1c1cccs1. The van der Waals surface area contributed by atoms with Crippen molar-refractivity contribution in [1.29, 1.82) is 0 Å². The topological polar surface area (TPSA) is 26.8 Å². The average molecular weight is 293 g/mol. The minimum absolute atomic E-state index is 0.250. The second-order valence-electron chi connectivity index (χ2n) is 5.68. The number of nitrogens with zero attached hydrogens (tertiary/aromatic N) is 3. The first-order valence-electron chi connectivity index (χ1n) is 7.61. The molecular formula is C15H23N3OS. The summed E-state index contributed by atoms with van der Waals surface area (Å²) in [6.07, 6.45) is 3.90. The Morgan fingerprint density at radius 3 is 2.55 bits per heavy atom. The summed E-state index contributed by atoms with van der Waals surface area (Å²) >= 11 is 1.65. The molecule has 0 unspecified atom stereocenters. The maximum atomic E-state index is 12.2. The van der Waals surface area contributed by atoms with Crippen LogP contribution in [0, 0.1) is 0 Å². The van der Waals surface area contributed by atoms with E-state index in [0.29, 0.717) is 6.54 Å². The molecule has 3 heterocycles. The van der Waals surface area contributed by atoms with Crippen LogP contribution in [0.2, 0.25) is 0 Å². The minimum Gasteiger partial charge on any atom is -0.303 e. The normalized spacial score (nSPS) is 21.8. The van der Waals surface area contributed by atoms with Gasteiger partial charge in [0.1, 0.15) is 0 Å². The molecule has 0 aliphatic carbocycles. The molecule has 0 bridgehead atoms. The molecule has 4 nitrogen and oxygen atoms in total. The highest BCUT2D eigenvalue weighted by Crippen LogP contribution is 2.23. The molecule has 0 saturated carbocycles. The number of rotatable bonds is 5. The number of hydrogen-bond acceptors (Lipinski definition) is 4. The van der Waals surface area contributed by atoms with Crippen LogP contribution in [-0.2, 0) is 4.79 Å². The van der Waals surface area contributed by atoms with Crippen LogP contribution in [-0.4, -0.2) is 61.5 Å². The lowest BCUT2D eigenvalue weighted by Gasteiger charge is -2.33. The highest BCUT2D eigenvalue weighted by molar-refractivity contribution is 7.14. The molecule has 20 heavy (non-hydrogen) atoms. The van der Waals surface area contributed by atoms with Crippen molar-refractivity contribution in [3.8, 4) is 0 Å². The van der Waals surface area contributed by atoms with Gasteiger partial charge in [0.15, 0.2) is 0 Å². The van der Waals surface area contributed by atoms with E-state index in [1.165, 1.54) is 38.9 Å². The number of thiophene rings is 1. The largest absolute Gasteiger partial charge is 0.303 e.